The summed E-state index contributed by atoms with van der Waals surface area (Å²) in [6.07, 6.45) is 1.53. The molecule has 0 aliphatic carbocycles. The normalized spacial score (nSPS) is 10.7. The number of nitrogens with one attached hydrogen (secondary N) is 1. The number of anilines is 1. The number of esters is 1. The Morgan fingerprint density at radius 1 is 1.07 bits per heavy atom. The molecule has 2 heterocycles. The minimum absolute atomic E-state index is 0.0304. The quantitative estimate of drug-likeness (QED) is 0.503. The molecule has 2 aromatic carbocycles. The number of ether oxygens (including phenoxy) is 1. The van der Waals surface area contributed by atoms with Gasteiger partial charge in [-0.1, -0.05) is 36.4 Å². The van der Waals surface area contributed by atoms with E-state index in [-0.39, 0.29) is 17.4 Å². The lowest BCUT2D eigenvalue weighted by molar-refractivity contribution is -0.132. The summed E-state index contributed by atoms with van der Waals surface area (Å²) < 4.78 is 10.8. The summed E-state index contributed by atoms with van der Waals surface area (Å²) in [5.74, 6) is -1.95. The molecule has 0 aliphatic heterocycles. The van der Waals surface area contributed by atoms with Crippen molar-refractivity contribution in [1.82, 2.24) is 4.98 Å². The first-order valence-corrected chi connectivity index (χ1v) is 8.78. The SMILES string of the molecule is CC(=O)Oc1c(NC(=O)c2ccccc2)oc(-c2cnc3ccccc3c2)c1O. The summed E-state index contributed by atoms with van der Waals surface area (Å²) in [4.78, 5) is 28.3. The lowest BCUT2D eigenvalue weighted by atomic mass is 10.1. The van der Waals surface area contributed by atoms with Crippen molar-refractivity contribution < 1.29 is 23.8 Å². The minimum atomic E-state index is -0.667. The maximum atomic E-state index is 12.5. The van der Waals surface area contributed by atoms with E-state index in [0.717, 1.165) is 10.9 Å². The Kier molecular flexibility index (Phi) is 4.70. The average molecular weight is 388 g/mol. The fourth-order valence-electron chi connectivity index (χ4n) is 2.88. The van der Waals surface area contributed by atoms with Crippen LogP contribution in [-0.2, 0) is 4.79 Å². The van der Waals surface area contributed by atoms with Crippen LogP contribution in [0.15, 0.2) is 71.3 Å². The highest BCUT2D eigenvalue weighted by Gasteiger charge is 2.26. The highest BCUT2D eigenvalue weighted by Crippen LogP contribution is 2.46. The van der Waals surface area contributed by atoms with E-state index in [2.05, 4.69) is 10.3 Å². The van der Waals surface area contributed by atoms with Crippen molar-refractivity contribution in [2.24, 2.45) is 0 Å². The summed E-state index contributed by atoms with van der Waals surface area (Å²) in [5.41, 5.74) is 1.63. The van der Waals surface area contributed by atoms with Crippen molar-refractivity contribution in [1.29, 1.82) is 0 Å². The van der Waals surface area contributed by atoms with Crippen molar-refractivity contribution in [3.63, 3.8) is 0 Å². The standard InChI is InChI=1S/C22H16N2O5/c1-13(25)28-20-18(26)19(16-11-15-9-5-6-10-17(15)23-12-16)29-22(20)24-21(27)14-7-3-2-4-8-14/h2-12,26H,1H3,(H,24,27). The number of carbonyl (C=O) groups excluding carboxylic acids is 2. The third-order valence-corrected chi connectivity index (χ3v) is 4.20. The molecule has 4 aromatic rings. The van der Waals surface area contributed by atoms with Crippen molar-refractivity contribution in [2.75, 3.05) is 5.32 Å². The molecule has 1 amide bonds. The molecule has 7 heteroatoms. The van der Waals surface area contributed by atoms with Gasteiger partial charge in [0, 0.05) is 29.6 Å². The number of pyridine rings is 1. The number of carbonyl (C=O) groups is 2. The monoisotopic (exact) mass is 388 g/mol. The lowest BCUT2D eigenvalue weighted by Gasteiger charge is -2.04. The van der Waals surface area contributed by atoms with Crippen LogP contribution in [0.3, 0.4) is 0 Å². The molecule has 0 spiro atoms. The molecule has 144 valence electrons. The second-order valence-corrected chi connectivity index (χ2v) is 6.27. The first-order valence-electron chi connectivity index (χ1n) is 8.78. The van der Waals surface area contributed by atoms with Crippen molar-refractivity contribution in [3.05, 3.63) is 72.4 Å². The van der Waals surface area contributed by atoms with Crippen LogP contribution in [0, 0.1) is 0 Å². The molecule has 0 aliphatic rings. The third-order valence-electron chi connectivity index (χ3n) is 4.20. The Labute approximate surface area is 165 Å². The number of furan rings is 1. The molecule has 2 aromatic heterocycles. The molecule has 0 unspecified atom stereocenters. The molecular formula is C22H16N2O5. The summed E-state index contributed by atoms with van der Waals surface area (Å²) in [7, 11) is 0. The third kappa shape index (κ3) is 3.66. The van der Waals surface area contributed by atoms with Gasteiger partial charge in [0.25, 0.3) is 5.91 Å². The van der Waals surface area contributed by atoms with Gasteiger partial charge in [-0.15, -0.1) is 0 Å². The predicted octanol–water partition coefficient (Wildman–Crippen LogP) is 4.38. The summed E-state index contributed by atoms with van der Waals surface area (Å²) >= 11 is 0. The highest BCUT2D eigenvalue weighted by molar-refractivity contribution is 6.05. The maximum absolute atomic E-state index is 12.5. The smallest absolute Gasteiger partial charge is 0.308 e. The van der Waals surface area contributed by atoms with E-state index in [0.29, 0.717) is 11.1 Å². The average Bonchev–Trinajstić information content (AvgIpc) is 3.03. The number of hydrogen-bond acceptors (Lipinski definition) is 6. The molecule has 7 nitrogen and oxygen atoms in total. The number of aromatic nitrogens is 1. The van der Waals surface area contributed by atoms with Crippen LogP contribution < -0.4 is 10.1 Å². The van der Waals surface area contributed by atoms with Gasteiger partial charge in [-0.05, 0) is 24.3 Å². The van der Waals surface area contributed by atoms with E-state index in [4.69, 9.17) is 9.15 Å². The Morgan fingerprint density at radius 2 is 1.79 bits per heavy atom. The van der Waals surface area contributed by atoms with Gasteiger partial charge in [-0.2, -0.15) is 0 Å². The molecular weight excluding hydrogens is 372 g/mol. The molecule has 0 fully saturated rings. The Hall–Kier alpha value is -4.13. The topological polar surface area (TPSA) is 102 Å². The zero-order valence-corrected chi connectivity index (χ0v) is 15.4. The number of nitrogens with zero attached hydrogens (tertiary/aromatic N) is 1. The van der Waals surface area contributed by atoms with E-state index >= 15 is 0 Å². The van der Waals surface area contributed by atoms with Crippen molar-refractivity contribution in [3.8, 4) is 22.8 Å². The minimum Gasteiger partial charge on any atom is -0.502 e. The highest BCUT2D eigenvalue weighted by atomic mass is 16.6. The number of aromatic hydroxyl groups is 1. The number of hydrogen-bond donors (Lipinski definition) is 2. The molecule has 0 saturated carbocycles. The van der Waals surface area contributed by atoms with Gasteiger partial charge in [0.2, 0.25) is 17.4 Å². The van der Waals surface area contributed by atoms with Crippen LogP contribution in [0.25, 0.3) is 22.2 Å². The van der Waals surface area contributed by atoms with E-state index in [1.165, 1.54) is 13.1 Å². The first-order chi connectivity index (χ1) is 14.0. The lowest BCUT2D eigenvalue weighted by Crippen LogP contribution is -2.12. The Balaban J connectivity index is 1.76. The number of fused-ring (bicyclic) bond motifs is 1. The Morgan fingerprint density at radius 3 is 2.55 bits per heavy atom. The van der Waals surface area contributed by atoms with Gasteiger partial charge in [-0.25, -0.2) is 0 Å². The number of rotatable bonds is 4. The van der Waals surface area contributed by atoms with Gasteiger partial charge in [0.15, 0.2) is 5.76 Å². The van der Waals surface area contributed by atoms with E-state index in [1.54, 1.807) is 36.4 Å². The van der Waals surface area contributed by atoms with E-state index in [1.807, 2.05) is 24.3 Å². The van der Waals surface area contributed by atoms with Crippen LogP contribution in [0.5, 0.6) is 11.5 Å². The van der Waals surface area contributed by atoms with Gasteiger partial charge in [0.1, 0.15) is 0 Å². The second kappa shape index (κ2) is 7.47. The first kappa shape index (κ1) is 18.2. The molecule has 2 N–H and O–H groups in total. The second-order valence-electron chi connectivity index (χ2n) is 6.27. The molecule has 0 radical (unpaired) electrons. The van der Waals surface area contributed by atoms with Crippen LogP contribution in [0.4, 0.5) is 5.88 Å². The zero-order chi connectivity index (χ0) is 20.4. The number of amides is 1. The fraction of sp³-hybridized carbons (Fsp3) is 0.0455. The summed E-state index contributed by atoms with van der Waals surface area (Å²) in [6, 6.07) is 17.7. The largest absolute Gasteiger partial charge is 0.502 e. The fourth-order valence-corrected chi connectivity index (χ4v) is 2.88. The Bertz CT molecular complexity index is 1210. The van der Waals surface area contributed by atoms with Crippen LogP contribution in [0.2, 0.25) is 0 Å². The van der Waals surface area contributed by atoms with Crippen LogP contribution in [-0.4, -0.2) is 22.0 Å². The maximum Gasteiger partial charge on any atom is 0.308 e. The van der Waals surface area contributed by atoms with Gasteiger partial charge >= 0.3 is 5.97 Å². The molecule has 0 saturated heterocycles. The van der Waals surface area contributed by atoms with Crippen LogP contribution in [0.1, 0.15) is 17.3 Å². The molecule has 29 heavy (non-hydrogen) atoms. The number of benzene rings is 2. The number of para-hydroxylation sites is 1. The van der Waals surface area contributed by atoms with Crippen molar-refractivity contribution >= 4 is 28.7 Å². The molecule has 0 bridgehead atoms. The van der Waals surface area contributed by atoms with Gasteiger partial charge in [-0.3, -0.25) is 19.9 Å². The predicted molar refractivity (Wildman–Crippen MR) is 107 cm³/mol. The summed E-state index contributed by atoms with van der Waals surface area (Å²) in [6.45, 7) is 1.19. The van der Waals surface area contributed by atoms with Crippen LogP contribution >= 0.6 is 0 Å². The molecule has 4 rings (SSSR count). The molecule has 0 atom stereocenters. The van der Waals surface area contributed by atoms with E-state index < -0.39 is 17.6 Å². The van der Waals surface area contributed by atoms with Gasteiger partial charge < -0.3 is 14.3 Å². The van der Waals surface area contributed by atoms with E-state index in [9.17, 15) is 14.7 Å². The van der Waals surface area contributed by atoms with Crippen molar-refractivity contribution in [2.45, 2.75) is 6.92 Å². The van der Waals surface area contributed by atoms with Gasteiger partial charge in [0.05, 0.1) is 5.52 Å². The zero-order valence-electron chi connectivity index (χ0n) is 15.4. The summed E-state index contributed by atoms with van der Waals surface area (Å²) in [5, 5.41) is 14.0.